The molecule has 4 N–H and O–H groups in total. The molecule has 0 unspecified atom stereocenters. The molecule has 3 aromatic carbocycles. The molecule has 1 amide bonds. The summed E-state index contributed by atoms with van der Waals surface area (Å²) in [5.74, 6) is -0.806. The van der Waals surface area contributed by atoms with Gasteiger partial charge in [0.2, 0.25) is 5.96 Å². The molecule has 5 rings (SSSR count). The highest BCUT2D eigenvalue weighted by molar-refractivity contribution is 7.90. The SMILES string of the molecule is Cc1c(C)c(S(=O)(=O)NC(N)=NCCCC[C@@H](C(=O)O)N(C)C(=O)OCC2c3ccccc3-c3ccccc32)c(C)c2c1OC(C)(C)C2. The molecule has 0 saturated heterocycles. The molecule has 12 heteroatoms. The van der Waals surface area contributed by atoms with Crippen molar-refractivity contribution in [3.8, 4) is 16.9 Å². The molecule has 11 nitrogen and oxygen atoms in total. The molecular formula is C36H44N4O7S. The Morgan fingerprint density at radius 2 is 1.65 bits per heavy atom. The number of carboxylic acids is 1. The lowest BCUT2D eigenvalue weighted by atomic mass is 9.94. The Kier molecular flexibility index (Phi) is 9.77. The van der Waals surface area contributed by atoms with E-state index in [0.29, 0.717) is 30.4 Å². The largest absolute Gasteiger partial charge is 0.487 e. The van der Waals surface area contributed by atoms with Gasteiger partial charge in [-0.1, -0.05) is 48.5 Å². The number of sulfonamides is 1. The van der Waals surface area contributed by atoms with Crippen molar-refractivity contribution in [1.29, 1.82) is 0 Å². The van der Waals surface area contributed by atoms with Crippen LogP contribution in [0.1, 0.15) is 72.4 Å². The maximum absolute atomic E-state index is 13.4. The van der Waals surface area contributed by atoms with E-state index < -0.39 is 33.7 Å². The number of aliphatic imine (C=N–C) groups is 1. The van der Waals surface area contributed by atoms with Crippen LogP contribution in [0.4, 0.5) is 4.79 Å². The van der Waals surface area contributed by atoms with E-state index >= 15 is 0 Å². The second kappa shape index (κ2) is 13.5. The van der Waals surface area contributed by atoms with Crippen LogP contribution in [0.15, 0.2) is 58.4 Å². The van der Waals surface area contributed by atoms with Crippen LogP contribution in [0.25, 0.3) is 11.1 Å². The van der Waals surface area contributed by atoms with Gasteiger partial charge in [0.05, 0.1) is 4.90 Å². The summed E-state index contributed by atoms with van der Waals surface area (Å²) in [6.07, 6.45) is 0.855. The maximum atomic E-state index is 13.4. The van der Waals surface area contributed by atoms with Gasteiger partial charge in [-0.05, 0) is 92.8 Å². The molecule has 1 atom stereocenters. The molecule has 0 spiro atoms. The fourth-order valence-corrected chi connectivity index (χ4v) is 8.35. The first kappa shape index (κ1) is 34.7. The number of likely N-dealkylation sites (N-methyl/N-ethyl adjacent to an activating group) is 1. The molecule has 48 heavy (non-hydrogen) atoms. The third kappa shape index (κ3) is 6.85. The molecule has 1 heterocycles. The number of aliphatic carboxylic acids is 1. The minimum atomic E-state index is -4.03. The van der Waals surface area contributed by atoms with Crippen molar-refractivity contribution in [3.05, 3.63) is 81.9 Å². The predicted octanol–water partition coefficient (Wildman–Crippen LogP) is 5.42. The Labute approximate surface area is 282 Å². The first-order valence-corrected chi connectivity index (χ1v) is 17.6. The molecule has 2 aliphatic rings. The van der Waals surface area contributed by atoms with E-state index in [1.807, 2.05) is 69.3 Å². The molecule has 0 radical (unpaired) electrons. The first-order valence-electron chi connectivity index (χ1n) is 16.1. The fraction of sp³-hybridized carbons (Fsp3) is 0.417. The summed E-state index contributed by atoms with van der Waals surface area (Å²) in [5, 5.41) is 9.88. The third-order valence-corrected chi connectivity index (χ3v) is 11.0. The summed E-state index contributed by atoms with van der Waals surface area (Å²) < 4.78 is 41.0. The number of guanidine groups is 1. The normalized spacial score (nSPS) is 15.6. The van der Waals surface area contributed by atoms with Gasteiger partial charge in [0.15, 0.2) is 0 Å². The van der Waals surface area contributed by atoms with Crippen molar-refractivity contribution in [2.24, 2.45) is 10.7 Å². The quantitative estimate of drug-likeness (QED) is 0.138. The van der Waals surface area contributed by atoms with E-state index in [9.17, 15) is 23.1 Å². The summed E-state index contributed by atoms with van der Waals surface area (Å²) >= 11 is 0. The molecule has 1 aliphatic carbocycles. The highest BCUT2D eigenvalue weighted by Crippen LogP contribution is 2.45. The van der Waals surface area contributed by atoms with E-state index in [2.05, 4.69) is 9.71 Å². The van der Waals surface area contributed by atoms with Crippen LogP contribution in [0.3, 0.4) is 0 Å². The van der Waals surface area contributed by atoms with Gasteiger partial charge in [-0.25, -0.2) is 22.7 Å². The predicted molar refractivity (Wildman–Crippen MR) is 184 cm³/mol. The standard InChI is InChI=1S/C36H44N4O7S/c1-21-22(2)32(23(3)28-19-36(4,5)47-31(21)28)48(44,45)39-34(37)38-18-12-11-17-30(33(41)42)40(6)35(43)46-20-29-26-15-9-7-13-24(26)25-14-8-10-16-27(25)29/h7-10,13-16,29-30H,11-12,17-20H2,1-6H3,(H,41,42)(H3,37,38,39)/t30-/m0/s1. The van der Waals surface area contributed by atoms with Crippen LogP contribution >= 0.6 is 0 Å². The number of hydrogen-bond donors (Lipinski definition) is 3. The number of rotatable bonds is 11. The zero-order valence-electron chi connectivity index (χ0n) is 28.3. The highest BCUT2D eigenvalue weighted by Gasteiger charge is 2.37. The lowest BCUT2D eigenvalue weighted by Crippen LogP contribution is -2.43. The van der Waals surface area contributed by atoms with Crippen LogP contribution in [0.2, 0.25) is 0 Å². The van der Waals surface area contributed by atoms with E-state index in [0.717, 1.165) is 44.0 Å². The van der Waals surface area contributed by atoms with Crippen LogP contribution < -0.4 is 15.2 Å². The summed E-state index contributed by atoms with van der Waals surface area (Å²) in [4.78, 5) is 30.5. The number of unbranched alkanes of at least 4 members (excludes halogenated alkanes) is 1. The van der Waals surface area contributed by atoms with Gasteiger partial charge in [0.1, 0.15) is 24.0 Å². The molecule has 256 valence electrons. The number of benzene rings is 3. The summed E-state index contributed by atoms with van der Waals surface area (Å²) in [6.45, 7) is 9.56. The van der Waals surface area contributed by atoms with E-state index in [-0.39, 0.29) is 36.3 Å². The zero-order chi connectivity index (χ0) is 35.0. The number of carbonyl (C=O) groups excluding carboxylic acids is 1. The number of nitrogens with zero attached hydrogens (tertiary/aromatic N) is 2. The van der Waals surface area contributed by atoms with Gasteiger partial charge in [-0.2, -0.15) is 0 Å². The van der Waals surface area contributed by atoms with Crippen LogP contribution in [0, 0.1) is 20.8 Å². The van der Waals surface area contributed by atoms with E-state index in [1.54, 1.807) is 13.8 Å². The van der Waals surface area contributed by atoms with Gasteiger partial charge < -0.3 is 20.3 Å². The second-order valence-electron chi connectivity index (χ2n) is 13.2. The fourth-order valence-electron chi connectivity index (χ4n) is 6.82. The lowest BCUT2D eigenvalue weighted by Gasteiger charge is -2.25. The van der Waals surface area contributed by atoms with Gasteiger partial charge in [0.25, 0.3) is 10.0 Å². The van der Waals surface area contributed by atoms with Crippen LogP contribution in [0.5, 0.6) is 5.75 Å². The molecule has 0 bridgehead atoms. The van der Waals surface area contributed by atoms with Crippen molar-refractivity contribution in [2.75, 3.05) is 20.2 Å². The summed E-state index contributed by atoms with van der Waals surface area (Å²) in [6, 6.07) is 14.9. The number of fused-ring (bicyclic) bond motifs is 4. The molecular weight excluding hydrogens is 632 g/mol. The Morgan fingerprint density at radius 3 is 2.25 bits per heavy atom. The van der Waals surface area contributed by atoms with Gasteiger partial charge in [0, 0.05) is 31.5 Å². The van der Waals surface area contributed by atoms with E-state index in [4.69, 9.17) is 15.2 Å². The first-order chi connectivity index (χ1) is 22.6. The Hall–Kier alpha value is -4.58. The van der Waals surface area contributed by atoms with Crippen molar-refractivity contribution in [2.45, 2.75) is 82.8 Å². The molecule has 3 aromatic rings. The molecule has 1 aliphatic heterocycles. The molecule has 0 saturated carbocycles. The van der Waals surface area contributed by atoms with Crippen molar-refractivity contribution in [3.63, 3.8) is 0 Å². The van der Waals surface area contributed by atoms with Crippen molar-refractivity contribution in [1.82, 2.24) is 9.62 Å². The lowest BCUT2D eigenvalue weighted by molar-refractivity contribution is -0.142. The summed E-state index contributed by atoms with van der Waals surface area (Å²) in [5.41, 5.74) is 12.8. The maximum Gasteiger partial charge on any atom is 0.410 e. The van der Waals surface area contributed by atoms with Crippen LogP contribution in [-0.2, 0) is 26.0 Å². The number of amides is 1. The van der Waals surface area contributed by atoms with Gasteiger partial charge in [-0.3, -0.25) is 9.89 Å². The average Bonchev–Trinajstić information content (AvgIpc) is 3.53. The van der Waals surface area contributed by atoms with Gasteiger partial charge in [-0.15, -0.1) is 0 Å². The number of carbonyl (C=O) groups is 2. The Balaban J connectivity index is 1.14. The molecule has 0 fully saturated rings. The molecule has 0 aromatic heterocycles. The second-order valence-corrected chi connectivity index (χ2v) is 14.8. The van der Waals surface area contributed by atoms with Gasteiger partial charge >= 0.3 is 12.1 Å². The summed E-state index contributed by atoms with van der Waals surface area (Å²) in [7, 11) is -2.62. The Morgan fingerprint density at radius 1 is 1.04 bits per heavy atom. The average molecular weight is 677 g/mol. The highest BCUT2D eigenvalue weighted by atomic mass is 32.2. The number of nitrogens with two attached hydrogens (primary N) is 1. The number of carboxylic acid groups (broad SMARTS) is 1. The van der Waals surface area contributed by atoms with Crippen molar-refractivity contribution >= 4 is 28.0 Å². The zero-order valence-corrected chi connectivity index (χ0v) is 29.1. The third-order valence-electron chi connectivity index (χ3n) is 9.34. The number of hydrogen-bond acceptors (Lipinski definition) is 7. The van der Waals surface area contributed by atoms with E-state index in [1.165, 1.54) is 7.05 Å². The minimum Gasteiger partial charge on any atom is -0.487 e. The van der Waals surface area contributed by atoms with Crippen molar-refractivity contribution < 1.29 is 32.6 Å². The topological polar surface area (TPSA) is 161 Å². The monoisotopic (exact) mass is 676 g/mol. The smallest absolute Gasteiger partial charge is 0.410 e. The van der Waals surface area contributed by atoms with Crippen LogP contribution in [-0.4, -0.2) is 68.3 Å². The minimum absolute atomic E-state index is 0.0866. The number of ether oxygens (including phenoxy) is 2. The number of nitrogens with one attached hydrogen (secondary N) is 1. The Bertz CT molecular complexity index is 1840.